The van der Waals surface area contributed by atoms with E-state index in [1.54, 1.807) is 6.92 Å². The minimum absolute atomic E-state index is 0.273. The lowest BCUT2D eigenvalue weighted by Crippen LogP contribution is -2.25. The van der Waals surface area contributed by atoms with Crippen molar-refractivity contribution in [2.24, 2.45) is 0 Å². The maximum Gasteiger partial charge on any atom is 0.333 e. The fourth-order valence-corrected chi connectivity index (χ4v) is 4.07. The number of carbonyl (C=O) groups is 1. The van der Waals surface area contributed by atoms with Gasteiger partial charge in [0.05, 0.1) is 0 Å². The molecule has 0 spiro atoms. The summed E-state index contributed by atoms with van der Waals surface area (Å²) < 4.78 is 18.3. The van der Waals surface area contributed by atoms with E-state index in [0.717, 1.165) is 64.5 Å². The van der Waals surface area contributed by atoms with Crippen molar-refractivity contribution in [2.75, 3.05) is 6.61 Å². The zero-order valence-electron chi connectivity index (χ0n) is 20.5. The number of ether oxygens (including phenoxy) is 3. The average Bonchev–Trinajstić information content (AvgIpc) is 2.87. The van der Waals surface area contributed by atoms with Crippen LogP contribution in [0.2, 0.25) is 0 Å². The minimum atomic E-state index is -0.378. The van der Waals surface area contributed by atoms with Crippen LogP contribution in [0.3, 0.4) is 0 Å². The molecule has 4 rings (SSSR count). The first kappa shape index (κ1) is 24.3. The molecular formula is C31H32O4. The number of unbranched alkanes of at least 4 members (excludes halogenated alkanes) is 2. The van der Waals surface area contributed by atoms with Crippen molar-refractivity contribution in [3.05, 3.63) is 91.0 Å². The molecule has 0 aliphatic rings. The van der Waals surface area contributed by atoms with Gasteiger partial charge in [-0.1, -0.05) is 74.9 Å². The molecule has 0 fully saturated rings. The Morgan fingerprint density at radius 2 is 1.60 bits per heavy atom. The summed E-state index contributed by atoms with van der Waals surface area (Å²) in [5, 5.41) is 4.11. The van der Waals surface area contributed by atoms with Gasteiger partial charge in [0.1, 0.15) is 30.0 Å². The Morgan fingerprint density at radius 3 is 2.37 bits per heavy atom. The van der Waals surface area contributed by atoms with Crippen LogP contribution < -0.4 is 9.47 Å². The number of hydrogen-bond acceptors (Lipinski definition) is 4. The van der Waals surface area contributed by atoms with E-state index in [2.05, 4.69) is 31.7 Å². The summed E-state index contributed by atoms with van der Waals surface area (Å²) in [6, 6.07) is 26.1. The van der Waals surface area contributed by atoms with E-state index in [1.807, 2.05) is 60.7 Å². The van der Waals surface area contributed by atoms with Crippen LogP contribution in [0, 0.1) is 0 Å². The van der Waals surface area contributed by atoms with Gasteiger partial charge < -0.3 is 14.2 Å². The molecule has 0 bridgehead atoms. The highest BCUT2D eigenvalue weighted by Crippen LogP contribution is 2.38. The third kappa shape index (κ3) is 6.21. The van der Waals surface area contributed by atoms with E-state index in [4.69, 9.17) is 14.2 Å². The summed E-state index contributed by atoms with van der Waals surface area (Å²) in [6.45, 7) is 7.81. The van der Waals surface area contributed by atoms with Gasteiger partial charge in [-0.2, -0.15) is 0 Å². The monoisotopic (exact) mass is 468 g/mol. The summed E-state index contributed by atoms with van der Waals surface area (Å²) >= 11 is 0. The molecule has 180 valence electrons. The SMILES string of the molecule is C=C(C)C(=O)OC(CCCCC)COc1c2ccccc2cc2ccc(Oc3ccccc3)cc12. The molecule has 0 N–H and O–H groups in total. The van der Waals surface area contributed by atoms with Crippen molar-refractivity contribution in [3.63, 3.8) is 0 Å². The third-order valence-corrected chi connectivity index (χ3v) is 5.93. The number of hydrogen-bond donors (Lipinski definition) is 0. The predicted molar refractivity (Wildman–Crippen MR) is 142 cm³/mol. The molecule has 0 saturated heterocycles. The van der Waals surface area contributed by atoms with Crippen LogP contribution in [0.25, 0.3) is 21.5 Å². The second kappa shape index (κ2) is 11.6. The molecule has 4 heteroatoms. The van der Waals surface area contributed by atoms with Gasteiger partial charge in [-0.15, -0.1) is 0 Å². The predicted octanol–water partition coefficient (Wildman–Crippen LogP) is 8.23. The molecule has 0 heterocycles. The number of fused-ring (bicyclic) bond motifs is 2. The van der Waals surface area contributed by atoms with Gasteiger partial charge >= 0.3 is 5.97 Å². The summed E-state index contributed by atoms with van der Waals surface area (Å²) in [4.78, 5) is 12.2. The number of rotatable bonds is 11. The summed E-state index contributed by atoms with van der Waals surface area (Å²) in [7, 11) is 0. The molecule has 0 radical (unpaired) electrons. The summed E-state index contributed by atoms with van der Waals surface area (Å²) in [6.07, 6.45) is 3.55. The highest BCUT2D eigenvalue weighted by molar-refractivity contribution is 6.05. The quantitative estimate of drug-likeness (QED) is 0.0962. The summed E-state index contributed by atoms with van der Waals surface area (Å²) in [5.41, 5.74) is 0.392. The van der Waals surface area contributed by atoms with Gasteiger partial charge in [-0.25, -0.2) is 4.79 Å². The first-order valence-electron chi connectivity index (χ1n) is 12.2. The van der Waals surface area contributed by atoms with Crippen LogP contribution in [0.15, 0.2) is 91.0 Å². The molecule has 1 atom stereocenters. The Bertz CT molecular complexity index is 1310. The van der Waals surface area contributed by atoms with Gasteiger partial charge in [-0.05, 0) is 60.9 Å². The van der Waals surface area contributed by atoms with E-state index in [1.165, 1.54) is 0 Å². The van der Waals surface area contributed by atoms with E-state index < -0.39 is 0 Å². The molecule has 35 heavy (non-hydrogen) atoms. The topological polar surface area (TPSA) is 44.8 Å². The standard InChI is InChI=1S/C31H32O4/c1-4-5-7-15-27(35-31(32)22(2)3)21-33-30-28-16-11-10-12-23(28)19-24-17-18-26(20-29(24)30)34-25-13-8-6-9-14-25/h6,8-14,16-20,27H,2,4-5,7,15,21H2,1,3H3. The van der Waals surface area contributed by atoms with E-state index in [9.17, 15) is 4.79 Å². The molecule has 4 aromatic carbocycles. The fraction of sp³-hybridized carbons (Fsp3) is 0.258. The maximum absolute atomic E-state index is 12.2. The van der Waals surface area contributed by atoms with Gasteiger partial charge in [0, 0.05) is 16.3 Å². The van der Waals surface area contributed by atoms with Crippen molar-refractivity contribution in [3.8, 4) is 17.2 Å². The molecule has 1 unspecified atom stereocenters. The van der Waals surface area contributed by atoms with Gasteiger partial charge in [0.15, 0.2) is 0 Å². The zero-order chi connectivity index (χ0) is 24.6. The molecular weight excluding hydrogens is 436 g/mol. The van der Waals surface area contributed by atoms with E-state index in [-0.39, 0.29) is 18.7 Å². The van der Waals surface area contributed by atoms with Crippen molar-refractivity contribution in [1.29, 1.82) is 0 Å². The third-order valence-electron chi connectivity index (χ3n) is 5.93. The smallest absolute Gasteiger partial charge is 0.333 e. The first-order valence-corrected chi connectivity index (χ1v) is 12.2. The Morgan fingerprint density at radius 1 is 0.857 bits per heavy atom. The van der Waals surface area contributed by atoms with Crippen LogP contribution >= 0.6 is 0 Å². The number of esters is 1. The number of carbonyl (C=O) groups excluding carboxylic acids is 1. The average molecular weight is 469 g/mol. The highest BCUT2D eigenvalue weighted by atomic mass is 16.6. The van der Waals surface area contributed by atoms with E-state index >= 15 is 0 Å². The van der Waals surface area contributed by atoms with Gasteiger partial charge in [0.2, 0.25) is 0 Å². The molecule has 0 saturated carbocycles. The van der Waals surface area contributed by atoms with Crippen molar-refractivity contribution < 1.29 is 19.0 Å². The van der Waals surface area contributed by atoms with E-state index in [0.29, 0.717) is 5.57 Å². The maximum atomic E-state index is 12.2. The highest BCUT2D eigenvalue weighted by Gasteiger charge is 2.18. The van der Waals surface area contributed by atoms with Crippen LogP contribution in [-0.2, 0) is 9.53 Å². The van der Waals surface area contributed by atoms with Crippen molar-refractivity contribution in [1.82, 2.24) is 0 Å². The first-order chi connectivity index (χ1) is 17.0. The molecule has 0 aromatic heterocycles. The van der Waals surface area contributed by atoms with Crippen molar-refractivity contribution in [2.45, 2.75) is 45.6 Å². The van der Waals surface area contributed by atoms with Crippen LogP contribution in [0.5, 0.6) is 17.2 Å². The normalized spacial score (nSPS) is 11.8. The summed E-state index contributed by atoms with van der Waals surface area (Å²) in [5.74, 6) is 1.90. The molecule has 4 aromatic rings. The molecule has 0 aliphatic heterocycles. The lowest BCUT2D eigenvalue weighted by Gasteiger charge is -2.20. The number of para-hydroxylation sites is 1. The second-order valence-corrected chi connectivity index (χ2v) is 8.84. The van der Waals surface area contributed by atoms with Crippen LogP contribution in [0.4, 0.5) is 0 Å². The Balaban J connectivity index is 1.67. The lowest BCUT2D eigenvalue weighted by atomic mass is 10.0. The second-order valence-electron chi connectivity index (χ2n) is 8.84. The molecule has 0 aliphatic carbocycles. The minimum Gasteiger partial charge on any atom is -0.488 e. The Labute approximate surface area is 207 Å². The van der Waals surface area contributed by atoms with Crippen LogP contribution in [-0.4, -0.2) is 18.7 Å². The largest absolute Gasteiger partial charge is 0.488 e. The Kier molecular flexibility index (Phi) is 8.04. The lowest BCUT2D eigenvalue weighted by molar-refractivity contribution is -0.146. The fourth-order valence-electron chi connectivity index (χ4n) is 4.07. The number of benzene rings is 4. The Hall–Kier alpha value is -3.79. The van der Waals surface area contributed by atoms with Gasteiger partial charge in [-0.3, -0.25) is 0 Å². The van der Waals surface area contributed by atoms with Crippen molar-refractivity contribution >= 4 is 27.5 Å². The van der Waals surface area contributed by atoms with Crippen LogP contribution in [0.1, 0.15) is 39.5 Å². The van der Waals surface area contributed by atoms with Gasteiger partial charge in [0.25, 0.3) is 0 Å². The molecule has 0 amide bonds. The zero-order valence-corrected chi connectivity index (χ0v) is 20.5. The molecule has 4 nitrogen and oxygen atoms in total.